The SMILES string of the molecule is C=C(C/C(=C(/C#N)c1cc(F)c(C(C)(O)CCC)cc1C)c1ccc(C)cn1)N=C/C=C\C. The van der Waals surface area contributed by atoms with Crippen LogP contribution in [0.1, 0.15) is 68.0 Å². The monoisotopic (exact) mass is 445 g/mol. The normalized spacial score (nSPS) is 14.2. The molecular weight excluding hydrogens is 413 g/mol. The topological polar surface area (TPSA) is 69.3 Å². The van der Waals surface area contributed by atoms with Crippen molar-refractivity contribution in [1.82, 2.24) is 4.98 Å². The smallest absolute Gasteiger partial charge is 0.129 e. The minimum Gasteiger partial charge on any atom is -0.385 e. The lowest BCUT2D eigenvalue weighted by atomic mass is 9.86. The Kier molecular flexibility index (Phi) is 9.02. The molecule has 0 radical (unpaired) electrons. The van der Waals surface area contributed by atoms with Crippen LogP contribution in [0.3, 0.4) is 0 Å². The van der Waals surface area contributed by atoms with Crippen molar-refractivity contribution in [2.45, 2.75) is 59.5 Å². The quantitative estimate of drug-likeness (QED) is 0.340. The van der Waals surface area contributed by atoms with Crippen molar-refractivity contribution < 1.29 is 9.50 Å². The minimum atomic E-state index is -1.28. The molecule has 0 aliphatic carbocycles. The van der Waals surface area contributed by atoms with Gasteiger partial charge in [0.05, 0.1) is 16.9 Å². The van der Waals surface area contributed by atoms with Gasteiger partial charge in [0, 0.05) is 35.7 Å². The highest BCUT2D eigenvalue weighted by molar-refractivity contribution is 5.98. The van der Waals surface area contributed by atoms with Crippen LogP contribution in [0.5, 0.6) is 0 Å². The average Bonchev–Trinajstić information content (AvgIpc) is 2.76. The van der Waals surface area contributed by atoms with E-state index in [4.69, 9.17) is 0 Å². The van der Waals surface area contributed by atoms with Crippen molar-refractivity contribution >= 4 is 17.4 Å². The highest BCUT2D eigenvalue weighted by atomic mass is 19.1. The van der Waals surface area contributed by atoms with Crippen LogP contribution in [0, 0.1) is 31.0 Å². The molecule has 1 unspecified atom stereocenters. The van der Waals surface area contributed by atoms with Crippen molar-refractivity contribution in [3.8, 4) is 6.07 Å². The van der Waals surface area contributed by atoms with Crippen molar-refractivity contribution in [2.24, 2.45) is 4.99 Å². The molecule has 2 rings (SSSR count). The molecule has 0 saturated carbocycles. The lowest BCUT2D eigenvalue weighted by Crippen LogP contribution is -2.22. The molecule has 0 saturated heterocycles. The number of hydrogen-bond acceptors (Lipinski definition) is 4. The summed E-state index contributed by atoms with van der Waals surface area (Å²) in [4.78, 5) is 8.84. The van der Waals surface area contributed by atoms with Crippen molar-refractivity contribution in [3.63, 3.8) is 0 Å². The Morgan fingerprint density at radius 1 is 1.33 bits per heavy atom. The number of pyridine rings is 1. The Labute approximate surface area is 196 Å². The lowest BCUT2D eigenvalue weighted by molar-refractivity contribution is 0.0432. The van der Waals surface area contributed by atoms with Gasteiger partial charge in [-0.3, -0.25) is 9.98 Å². The number of hydrogen-bond donors (Lipinski definition) is 1. The molecule has 5 heteroatoms. The van der Waals surface area contributed by atoms with Gasteiger partial charge in [-0.25, -0.2) is 4.39 Å². The van der Waals surface area contributed by atoms with Gasteiger partial charge in [0.25, 0.3) is 0 Å². The van der Waals surface area contributed by atoms with E-state index in [9.17, 15) is 10.4 Å². The zero-order valence-electron chi connectivity index (χ0n) is 20.1. The molecule has 2 aromatic rings. The first-order valence-electron chi connectivity index (χ1n) is 11.1. The number of aryl methyl sites for hydroxylation is 2. The van der Waals surface area contributed by atoms with Gasteiger partial charge in [-0.05, 0) is 75.1 Å². The Balaban J connectivity index is 2.70. The summed E-state index contributed by atoms with van der Waals surface area (Å²) < 4.78 is 15.2. The van der Waals surface area contributed by atoms with Crippen LogP contribution in [-0.2, 0) is 5.60 Å². The number of allylic oxidation sites excluding steroid dienone is 4. The van der Waals surface area contributed by atoms with Gasteiger partial charge in [-0.1, -0.05) is 32.1 Å². The van der Waals surface area contributed by atoms with Gasteiger partial charge in [0.2, 0.25) is 0 Å². The zero-order valence-corrected chi connectivity index (χ0v) is 20.1. The van der Waals surface area contributed by atoms with E-state index < -0.39 is 11.4 Å². The Bertz CT molecular complexity index is 1130. The van der Waals surface area contributed by atoms with E-state index in [0.717, 1.165) is 12.0 Å². The van der Waals surface area contributed by atoms with Crippen LogP contribution < -0.4 is 0 Å². The van der Waals surface area contributed by atoms with Gasteiger partial charge in [-0.2, -0.15) is 5.26 Å². The van der Waals surface area contributed by atoms with Crippen LogP contribution in [0.25, 0.3) is 11.1 Å². The molecule has 0 amide bonds. The van der Waals surface area contributed by atoms with Gasteiger partial charge < -0.3 is 5.11 Å². The van der Waals surface area contributed by atoms with Crippen LogP contribution in [0.15, 0.2) is 59.9 Å². The summed E-state index contributed by atoms with van der Waals surface area (Å²) in [5.74, 6) is -0.539. The number of aliphatic imine (C=N–C) groups is 1. The maximum absolute atomic E-state index is 15.2. The molecule has 0 fully saturated rings. The summed E-state index contributed by atoms with van der Waals surface area (Å²) in [7, 11) is 0. The summed E-state index contributed by atoms with van der Waals surface area (Å²) in [5, 5.41) is 20.9. The molecule has 0 aliphatic heterocycles. The average molecular weight is 446 g/mol. The highest BCUT2D eigenvalue weighted by Crippen LogP contribution is 2.36. The van der Waals surface area contributed by atoms with Gasteiger partial charge >= 0.3 is 0 Å². The third kappa shape index (κ3) is 6.57. The van der Waals surface area contributed by atoms with E-state index >= 15 is 4.39 Å². The van der Waals surface area contributed by atoms with Crippen molar-refractivity contribution in [1.29, 1.82) is 5.26 Å². The Hall–Kier alpha value is -3.36. The zero-order chi connectivity index (χ0) is 24.6. The molecule has 0 bridgehead atoms. The fourth-order valence-corrected chi connectivity index (χ4v) is 3.71. The number of rotatable bonds is 9. The predicted molar refractivity (Wildman–Crippen MR) is 134 cm³/mol. The third-order valence-electron chi connectivity index (χ3n) is 5.45. The molecule has 1 aromatic carbocycles. The van der Waals surface area contributed by atoms with Gasteiger partial charge in [0.1, 0.15) is 11.9 Å². The molecule has 1 aromatic heterocycles. The van der Waals surface area contributed by atoms with E-state index in [2.05, 4.69) is 22.6 Å². The first kappa shape index (κ1) is 25.9. The molecule has 1 N–H and O–H groups in total. The molecule has 33 heavy (non-hydrogen) atoms. The van der Waals surface area contributed by atoms with Crippen LogP contribution in [-0.4, -0.2) is 16.3 Å². The summed E-state index contributed by atoms with van der Waals surface area (Å²) in [6.07, 6.45) is 8.46. The van der Waals surface area contributed by atoms with Gasteiger partial charge in [0.15, 0.2) is 0 Å². The van der Waals surface area contributed by atoms with E-state index in [1.807, 2.05) is 45.9 Å². The maximum Gasteiger partial charge on any atom is 0.129 e. The minimum absolute atomic E-state index is 0.235. The van der Waals surface area contributed by atoms with E-state index in [1.165, 1.54) is 6.07 Å². The lowest BCUT2D eigenvalue weighted by Gasteiger charge is -2.25. The molecule has 0 spiro atoms. The summed E-state index contributed by atoms with van der Waals surface area (Å²) in [6.45, 7) is 13.2. The van der Waals surface area contributed by atoms with Crippen molar-refractivity contribution in [3.05, 3.63) is 88.7 Å². The maximum atomic E-state index is 15.2. The second-order valence-electron chi connectivity index (χ2n) is 8.40. The fraction of sp³-hybridized carbons (Fsp3) is 0.321. The van der Waals surface area contributed by atoms with Crippen molar-refractivity contribution in [2.75, 3.05) is 0 Å². The standard InChI is InChI=1S/C28H32FN3O/c1-7-9-13-31-21(5)15-23(27-11-10-19(3)18-32-27)24(17-30)22-16-26(29)25(14-20(22)4)28(6,33)12-8-2/h7,9-11,13-14,16,18,33H,5,8,12,15H2,1-4,6H3/b9-7-,24-23+,31-13?. The number of nitrogens with zero attached hydrogens (tertiary/aromatic N) is 3. The predicted octanol–water partition coefficient (Wildman–Crippen LogP) is 6.83. The number of aliphatic hydroxyl groups is 1. The molecule has 1 heterocycles. The fourth-order valence-electron chi connectivity index (χ4n) is 3.71. The second kappa shape index (κ2) is 11.5. The van der Waals surface area contributed by atoms with E-state index in [-0.39, 0.29) is 12.0 Å². The number of aromatic nitrogens is 1. The molecule has 4 nitrogen and oxygen atoms in total. The molecular formula is C28H32FN3O. The first-order valence-corrected chi connectivity index (χ1v) is 11.1. The second-order valence-corrected chi connectivity index (χ2v) is 8.40. The van der Waals surface area contributed by atoms with Crippen LogP contribution >= 0.6 is 0 Å². The Morgan fingerprint density at radius 3 is 2.64 bits per heavy atom. The number of halogens is 1. The first-order chi connectivity index (χ1) is 15.6. The van der Waals surface area contributed by atoms with E-state index in [0.29, 0.717) is 40.1 Å². The largest absolute Gasteiger partial charge is 0.385 e. The molecule has 0 aliphatic rings. The highest BCUT2D eigenvalue weighted by Gasteiger charge is 2.27. The van der Waals surface area contributed by atoms with Gasteiger partial charge in [-0.15, -0.1) is 0 Å². The number of benzene rings is 1. The summed E-state index contributed by atoms with van der Waals surface area (Å²) in [6, 6.07) is 9.00. The summed E-state index contributed by atoms with van der Waals surface area (Å²) in [5.41, 5.74) is 3.21. The number of nitriles is 1. The molecule has 1 atom stereocenters. The van der Waals surface area contributed by atoms with Crippen LogP contribution in [0.4, 0.5) is 4.39 Å². The third-order valence-corrected chi connectivity index (χ3v) is 5.45. The molecule has 172 valence electrons. The Morgan fingerprint density at radius 2 is 2.06 bits per heavy atom. The van der Waals surface area contributed by atoms with Crippen LogP contribution in [0.2, 0.25) is 0 Å². The summed E-state index contributed by atoms with van der Waals surface area (Å²) >= 11 is 0. The van der Waals surface area contributed by atoms with E-state index in [1.54, 1.807) is 31.5 Å².